The zero-order valence-electron chi connectivity index (χ0n) is 6.90. The molecule has 0 saturated carbocycles. The fourth-order valence-corrected chi connectivity index (χ4v) is 0.814. The maximum absolute atomic E-state index is 12.9. The molecule has 0 saturated heterocycles. The number of benzene rings is 1. The van der Waals surface area contributed by atoms with Gasteiger partial charge in [0, 0.05) is 11.8 Å². The van der Waals surface area contributed by atoms with Crippen LogP contribution < -0.4 is 5.73 Å². The second-order valence-electron chi connectivity index (χ2n) is 2.46. The lowest BCUT2D eigenvalue weighted by atomic mass is 10.2. The summed E-state index contributed by atoms with van der Waals surface area (Å²) in [6.45, 7) is -0.117. The number of nitrogens with zero attached hydrogens (tertiary/aromatic N) is 1. The van der Waals surface area contributed by atoms with Gasteiger partial charge in [0.05, 0.1) is 0 Å². The Hall–Kier alpha value is -1.71. The molecule has 0 aliphatic carbocycles. The van der Waals surface area contributed by atoms with Crippen LogP contribution in [0, 0.1) is 5.82 Å². The van der Waals surface area contributed by atoms with E-state index >= 15 is 0 Å². The SMILES string of the molecule is NC(=O)CN=Cc1ccccc1F. The van der Waals surface area contributed by atoms with Crippen LogP contribution in [0.25, 0.3) is 0 Å². The van der Waals surface area contributed by atoms with Gasteiger partial charge in [0.25, 0.3) is 0 Å². The third kappa shape index (κ3) is 3.02. The first-order chi connectivity index (χ1) is 6.20. The monoisotopic (exact) mass is 180 g/mol. The molecule has 1 aromatic carbocycles. The van der Waals surface area contributed by atoms with E-state index in [1.54, 1.807) is 18.2 Å². The first-order valence-corrected chi connectivity index (χ1v) is 3.73. The third-order valence-corrected chi connectivity index (χ3v) is 1.38. The van der Waals surface area contributed by atoms with E-state index in [-0.39, 0.29) is 12.4 Å². The first-order valence-electron chi connectivity index (χ1n) is 3.73. The van der Waals surface area contributed by atoms with Gasteiger partial charge in [0.2, 0.25) is 5.91 Å². The summed E-state index contributed by atoms with van der Waals surface area (Å²) in [7, 11) is 0. The van der Waals surface area contributed by atoms with Gasteiger partial charge in [-0.3, -0.25) is 9.79 Å². The second kappa shape index (κ2) is 4.35. The Morgan fingerprint density at radius 3 is 2.85 bits per heavy atom. The van der Waals surface area contributed by atoms with Crippen molar-refractivity contribution in [3.63, 3.8) is 0 Å². The van der Waals surface area contributed by atoms with Gasteiger partial charge < -0.3 is 5.73 Å². The Kier molecular flexibility index (Phi) is 3.14. The number of rotatable bonds is 3. The second-order valence-corrected chi connectivity index (χ2v) is 2.46. The smallest absolute Gasteiger partial charge is 0.239 e. The topological polar surface area (TPSA) is 55.5 Å². The van der Waals surface area contributed by atoms with Crippen LogP contribution in [0.3, 0.4) is 0 Å². The van der Waals surface area contributed by atoms with E-state index in [0.29, 0.717) is 5.56 Å². The molecule has 0 bridgehead atoms. The van der Waals surface area contributed by atoms with Gasteiger partial charge in [-0.1, -0.05) is 18.2 Å². The molecule has 0 aliphatic heterocycles. The van der Waals surface area contributed by atoms with E-state index in [1.165, 1.54) is 12.3 Å². The number of carbonyl (C=O) groups excluding carboxylic acids is 1. The molecule has 0 atom stereocenters. The van der Waals surface area contributed by atoms with Crippen molar-refractivity contribution in [1.82, 2.24) is 0 Å². The highest BCUT2D eigenvalue weighted by molar-refractivity contribution is 5.83. The maximum atomic E-state index is 12.9. The lowest BCUT2D eigenvalue weighted by Gasteiger charge is -1.93. The molecule has 0 heterocycles. The van der Waals surface area contributed by atoms with Crippen LogP contribution in [0.2, 0.25) is 0 Å². The van der Waals surface area contributed by atoms with Crippen molar-refractivity contribution in [3.05, 3.63) is 35.6 Å². The summed E-state index contributed by atoms with van der Waals surface area (Å²) in [4.78, 5) is 14.0. The van der Waals surface area contributed by atoms with Crippen molar-refractivity contribution in [3.8, 4) is 0 Å². The Morgan fingerprint density at radius 2 is 2.23 bits per heavy atom. The molecule has 68 valence electrons. The maximum Gasteiger partial charge on any atom is 0.239 e. The molecule has 0 radical (unpaired) electrons. The number of hydrogen-bond acceptors (Lipinski definition) is 2. The van der Waals surface area contributed by atoms with Crippen LogP contribution in [0.5, 0.6) is 0 Å². The highest BCUT2D eigenvalue weighted by Crippen LogP contribution is 2.02. The molecular weight excluding hydrogens is 171 g/mol. The highest BCUT2D eigenvalue weighted by atomic mass is 19.1. The van der Waals surface area contributed by atoms with E-state index < -0.39 is 5.91 Å². The number of carbonyl (C=O) groups is 1. The van der Waals surface area contributed by atoms with Crippen molar-refractivity contribution in [2.75, 3.05) is 6.54 Å². The molecule has 0 aliphatic rings. The molecule has 0 spiro atoms. The quantitative estimate of drug-likeness (QED) is 0.685. The number of nitrogens with two attached hydrogens (primary N) is 1. The Bertz CT molecular complexity index is 336. The predicted octanol–water partition coefficient (Wildman–Crippen LogP) is 0.730. The fraction of sp³-hybridized carbons (Fsp3) is 0.111. The molecule has 1 aromatic rings. The van der Waals surface area contributed by atoms with Crippen LogP contribution in [-0.2, 0) is 4.79 Å². The zero-order valence-corrected chi connectivity index (χ0v) is 6.90. The van der Waals surface area contributed by atoms with Crippen molar-refractivity contribution < 1.29 is 9.18 Å². The lowest BCUT2D eigenvalue weighted by Crippen LogP contribution is -2.14. The van der Waals surface area contributed by atoms with E-state index in [1.807, 2.05) is 0 Å². The molecular formula is C9H9FN2O. The summed E-state index contributed by atoms with van der Waals surface area (Å²) >= 11 is 0. The van der Waals surface area contributed by atoms with E-state index in [2.05, 4.69) is 4.99 Å². The van der Waals surface area contributed by atoms with Crippen molar-refractivity contribution >= 4 is 12.1 Å². The minimum absolute atomic E-state index is 0.117. The van der Waals surface area contributed by atoms with Gasteiger partial charge in [0.1, 0.15) is 12.4 Å². The third-order valence-electron chi connectivity index (χ3n) is 1.38. The average Bonchev–Trinajstić information content (AvgIpc) is 2.08. The molecule has 4 heteroatoms. The van der Waals surface area contributed by atoms with Crippen molar-refractivity contribution in [2.45, 2.75) is 0 Å². The van der Waals surface area contributed by atoms with E-state index in [9.17, 15) is 9.18 Å². The molecule has 3 nitrogen and oxygen atoms in total. The Labute approximate surface area is 75.1 Å². The lowest BCUT2D eigenvalue weighted by molar-refractivity contribution is -0.116. The van der Waals surface area contributed by atoms with Gasteiger partial charge in [-0.05, 0) is 6.07 Å². The van der Waals surface area contributed by atoms with Crippen LogP contribution >= 0.6 is 0 Å². The Balaban J connectivity index is 2.68. The number of primary amides is 1. The molecule has 0 unspecified atom stereocenters. The summed E-state index contributed by atoms with van der Waals surface area (Å²) in [6, 6.07) is 6.17. The summed E-state index contributed by atoms with van der Waals surface area (Å²) < 4.78 is 12.9. The van der Waals surface area contributed by atoms with E-state index in [0.717, 1.165) is 0 Å². The Morgan fingerprint density at radius 1 is 1.54 bits per heavy atom. The molecule has 13 heavy (non-hydrogen) atoms. The highest BCUT2D eigenvalue weighted by Gasteiger charge is 1.95. The van der Waals surface area contributed by atoms with Crippen molar-refractivity contribution in [1.29, 1.82) is 0 Å². The zero-order chi connectivity index (χ0) is 9.68. The normalized spacial score (nSPS) is 10.5. The molecule has 0 aromatic heterocycles. The van der Waals surface area contributed by atoms with Gasteiger partial charge in [0.15, 0.2) is 0 Å². The summed E-state index contributed by atoms with van der Waals surface area (Å²) in [6.07, 6.45) is 1.29. The molecule has 2 N–H and O–H groups in total. The predicted molar refractivity (Wildman–Crippen MR) is 48.1 cm³/mol. The van der Waals surface area contributed by atoms with Crippen LogP contribution in [0.4, 0.5) is 4.39 Å². The van der Waals surface area contributed by atoms with Gasteiger partial charge in [-0.25, -0.2) is 4.39 Å². The van der Waals surface area contributed by atoms with Crippen LogP contribution in [0.1, 0.15) is 5.56 Å². The largest absolute Gasteiger partial charge is 0.368 e. The van der Waals surface area contributed by atoms with Crippen LogP contribution in [-0.4, -0.2) is 18.7 Å². The summed E-state index contributed by atoms with van der Waals surface area (Å²) in [5, 5.41) is 0. The summed E-state index contributed by atoms with van der Waals surface area (Å²) in [5.74, 6) is -0.900. The van der Waals surface area contributed by atoms with Crippen LogP contribution in [0.15, 0.2) is 29.3 Å². The standard InChI is InChI=1S/C9H9FN2O/c10-8-4-2-1-3-7(8)5-12-6-9(11)13/h1-5H,6H2,(H2,11,13). The number of halogens is 1. The summed E-state index contributed by atoms with van der Waals surface area (Å²) in [5.41, 5.74) is 5.20. The molecule has 1 rings (SSSR count). The average molecular weight is 180 g/mol. The van der Waals surface area contributed by atoms with Gasteiger partial charge >= 0.3 is 0 Å². The van der Waals surface area contributed by atoms with Crippen molar-refractivity contribution in [2.24, 2.45) is 10.7 Å². The number of aliphatic imine (C=N–C) groups is 1. The first kappa shape index (κ1) is 9.38. The minimum Gasteiger partial charge on any atom is -0.368 e. The fourth-order valence-electron chi connectivity index (χ4n) is 0.814. The molecule has 1 amide bonds. The number of hydrogen-bond donors (Lipinski definition) is 1. The van der Waals surface area contributed by atoms with Gasteiger partial charge in [-0.15, -0.1) is 0 Å². The minimum atomic E-state index is -0.535. The van der Waals surface area contributed by atoms with Gasteiger partial charge in [-0.2, -0.15) is 0 Å². The number of amides is 1. The van der Waals surface area contributed by atoms with E-state index in [4.69, 9.17) is 5.73 Å². The molecule has 0 fully saturated rings.